The lowest BCUT2D eigenvalue weighted by Crippen LogP contribution is -2.09. The molecule has 0 bridgehead atoms. The maximum absolute atomic E-state index is 6.18. The van der Waals surface area contributed by atoms with Gasteiger partial charge in [-0.2, -0.15) is 0 Å². The molecule has 0 aliphatic heterocycles. The number of para-hydroxylation sites is 1. The van der Waals surface area contributed by atoms with E-state index in [4.69, 9.17) is 4.42 Å². The Morgan fingerprint density at radius 2 is 0.667 bits per heavy atom. The Morgan fingerprint density at radius 1 is 0.250 bits per heavy atom. The second-order valence-corrected chi connectivity index (χ2v) is 15.3. The van der Waals surface area contributed by atoms with Gasteiger partial charge in [-0.25, -0.2) is 0 Å². The molecule has 0 fully saturated rings. The second kappa shape index (κ2) is 15.1. The van der Waals surface area contributed by atoms with Crippen LogP contribution in [0, 0.1) is 0 Å². The number of hydrogen-bond acceptors (Lipinski definition) is 2. The van der Waals surface area contributed by atoms with Gasteiger partial charge in [0.2, 0.25) is 0 Å². The fourth-order valence-electron chi connectivity index (χ4n) is 8.59. The van der Waals surface area contributed by atoms with Crippen molar-refractivity contribution < 1.29 is 4.42 Å². The van der Waals surface area contributed by atoms with Crippen LogP contribution in [-0.2, 0) is 0 Å². The molecule has 0 amide bonds. The van der Waals surface area contributed by atoms with Gasteiger partial charge < -0.3 is 9.32 Å². The lowest BCUT2D eigenvalue weighted by atomic mass is 9.97. The Hall–Kier alpha value is -7.94. The normalized spacial score (nSPS) is 11.3. The van der Waals surface area contributed by atoms with E-state index < -0.39 is 0 Å². The van der Waals surface area contributed by atoms with Crippen molar-refractivity contribution in [1.29, 1.82) is 0 Å². The average molecular weight is 766 g/mol. The number of nitrogens with zero attached hydrogens (tertiary/aromatic N) is 1. The molecule has 0 N–H and O–H groups in total. The molecule has 0 aliphatic carbocycles. The summed E-state index contributed by atoms with van der Waals surface area (Å²) >= 11 is 0. The molecule has 0 unspecified atom stereocenters. The number of furan rings is 1. The van der Waals surface area contributed by atoms with Crippen LogP contribution in [-0.4, -0.2) is 0 Å². The Labute approximate surface area is 349 Å². The molecule has 0 radical (unpaired) electrons. The highest BCUT2D eigenvalue weighted by Crippen LogP contribution is 2.39. The van der Waals surface area contributed by atoms with E-state index in [2.05, 4.69) is 229 Å². The first-order valence-corrected chi connectivity index (χ1v) is 20.5. The quantitative estimate of drug-likeness (QED) is 0.153. The third kappa shape index (κ3) is 6.61. The summed E-state index contributed by atoms with van der Waals surface area (Å²) in [4.78, 5) is 2.35. The van der Waals surface area contributed by atoms with Crippen LogP contribution in [0.3, 0.4) is 0 Å². The summed E-state index contributed by atoms with van der Waals surface area (Å²) in [6.07, 6.45) is 0. The van der Waals surface area contributed by atoms with Crippen LogP contribution in [0.4, 0.5) is 17.1 Å². The van der Waals surface area contributed by atoms with Gasteiger partial charge in [-0.05, 0) is 127 Å². The summed E-state index contributed by atoms with van der Waals surface area (Å²) in [5.41, 5.74) is 17.0. The standard InChI is InChI=1S/C58H39NO/c1-2-10-40(11-3-1)47-14-8-15-48(38-47)44-26-33-51(34-27-44)59(52-35-28-46(29-36-52)54-18-9-13-45-12-4-5-16-53(45)54)50-31-24-42(25-32-50)41-20-22-43(23-21-41)49-30-37-56-55-17-6-7-19-57(55)60-58(56)39-49/h1-39H. The lowest BCUT2D eigenvalue weighted by molar-refractivity contribution is 0.669. The van der Waals surface area contributed by atoms with Gasteiger partial charge in [0.1, 0.15) is 11.2 Å². The van der Waals surface area contributed by atoms with Crippen molar-refractivity contribution in [3.05, 3.63) is 237 Å². The fourth-order valence-corrected chi connectivity index (χ4v) is 8.59. The Morgan fingerprint density at radius 3 is 1.32 bits per heavy atom. The molecule has 0 saturated heterocycles. The third-order valence-corrected chi connectivity index (χ3v) is 11.7. The first-order valence-electron chi connectivity index (χ1n) is 20.5. The van der Waals surface area contributed by atoms with Crippen LogP contribution in [0.1, 0.15) is 0 Å². The second-order valence-electron chi connectivity index (χ2n) is 15.3. The first-order chi connectivity index (χ1) is 29.7. The Bertz CT molecular complexity index is 3270. The smallest absolute Gasteiger partial charge is 0.136 e. The Kier molecular flexibility index (Phi) is 8.87. The Balaban J connectivity index is 0.916. The minimum absolute atomic E-state index is 0.910. The van der Waals surface area contributed by atoms with Crippen molar-refractivity contribution in [2.75, 3.05) is 4.90 Å². The first kappa shape index (κ1) is 35.2. The predicted octanol–water partition coefficient (Wildman–Crippen LogP) is 16.5. The average Bonchev–Trinajstić information content (AvgIpc) is 3.71. The van der Waals surface area contributed by atoms with Crippen LogP contribution in [0.5, 0.6) is 0 Å². The highest BCUT2D eigenvalue weighted by Gasteiger charge is 2.15. The van der Waals surface area contributed by atoms with E-state index in [1.807, 2.05) is 12.1 Å². The molecule has 10 aromatic carbocycles. The summed E-state index contributed by atoms with van der Waals surface area (Å²) in [6.45, 7) is 0. The maximum atomic E-state index is 6.18. The summed E-state index contributed by atoms with van der Waals surface area (Å²) in [5.74, 6) is 0. The van der Waals surface area contributed by atoms with Gasteiger partial charge in [-0.3, -0.25) is 0 Å². The van der Waals surface area contributed by atoms with Crippen LogP contribution in [0.2, 0.25) is 0 Å². The zero-order valence-electron chi connectivity index (χ0n) is 32.9. The molecule has 0 spiro atoms. The van der Waals surface area contributed by atoms with E-state index in [1.54, 1.807) is 0 Å². The van der Waals surface area contributed by atoms with Gasteiger partial charge in [0.25, 0.3) is 0 Å². The van der Waals surface area contributed by atoms with E-state index in [0.717, 1.165) is 55.7 Å². The number of rotatable bonds is 8. The molecular weight excluding hydrogens is 727 g/mol. The van der Waals surface area contributed by atoms with Crippen LogP contribution >= 0.6 is 0 Å². The van der Waals surface area contributed by atoms with Crippen molar-refractivity contribution in [2.24, 2.45) is 0 Å². The SMILES string of the molecule is c1ccc(-c2cccc(-c3ccc(N(c4ccc(-c5ccc(-c6ccc7c(c6)oc6ccccc67)cc5)cc4)c4ccc(-c5cccc6ccccc56)cc4)cc3)c2)cc1. The minimum atomic E-state index is 0.910. The summed E-state index contributed by atoms with van der Waals surface area (Å²) in [6, 6.07) is 84.9. The monoisotopic (exact) mass is 765 g/mol. The lowest BCUT2D eigenvalue weighted by Gasteiger charge is -2.26. The molecule has 0 aliphatic rings. The largest absolute Gasteiger partial charge is 0.456 e. The fraction of sp³-hybridized carbons (Fsp3) is 0. The molecule has 2 heteroatoms. The molecule has 2 nitrogen and oxygen atoms in total. The zero-order valence-corrected chi connectivity index (χ0v) is 32.9. The van der Waals surface area contributed by atoms with Crippen LogP contribution in [0.15, 0.2) is 241 Å². The van der Waals surface area contributed by atoms with Crippen LogP contribution < -0.4 is 4.90 Å². The molecule has 11 aromatic rings. The van der Waals surface area contributed by atoms with E-state index in [9.17, 15) is 0 Å². The molecule has 1 heterocycles. The number of benzene rings is 10. The number of hydrogen-bond donors (Lipinski definition) is 0. The van der Waals surface area contributed by atoms with E-state index >= 15 is 0 Å². The topological polar surface area (TPSA) is 16.4 Å². The van der Waals surface area contributed by atoms with Crippen molar-refractivity contribution >= 4 is 49.8 Å². The van der Waals surface area contributed by atoms with Gasteiger partial charge >= 0.3 is 0 Å². The van der Waals surface area contributed by atoms with E-state index in [1.165, 1.54) is 49.7 Å². The molecule has 11 rings (SSSR count). The van der Waals surface area contributed by atoms with E-state index in [-0.39, 0.29) is 0 Å². The minimum Gasteiger partial charge on any atom is -0.456 e. The van der Waals surface area contributed by atoms with Gasteiger partial charge in [0.05, 0.1) is 0 Å². The van der Waals surface area contributed by atoms with Gasteiger partial charge in [-0.1, -0.05) is 176 Å². The van der Waals surface area contributed by atoms with Crippen molar-refractivity contribution in [3.63, 3.8) is 0 Å². The summed E-state index contributed by atoms with van der Waals surface area (Å²) in [5, 5.41) is 4.79. The zero-order chi connectivity index (χ0) is 39.8. The van der Waals surface area contributed by atoms with Gasteiger partial charge in [-0.15, -0.1) is 0 Å². The van der Waals surface area contributed by atoms with Crippen molar-refractivity contribution in [2.45, 2.75) is 0 Å². The highest BCUT2D eigenvalue weighted by molar-refractivity contribution is 6.06. The molecular formula is C58H39NO. The maximum Gasteiger partial charge on any atom is 0.136 e. The number of anilines is 3. The third-order valence-electron chi connectivity index (χ3n) is 11.7. The van der Waals surface area contributed by atoms with Crippen molar-refractivity contribution in [1.82, 2.24) is 0 Å². The van der Waals surface area contributed by atoms with Crippen molar-refractivity contribution in [3.8, 4) is 55.6 Å². The molecule has 1 aromatic heterocycles. The highest BCUT2D eigenvalue weighted by atomic mass is 16.3. The molecule has 0 saturated carbocycles. The predicted molar refractivity (Wildman–Crippen MR) is 253 cm³/mol. The summed E-state index contributed by atoms with van der Waals surface area (Å²) < 4.78 is 6.18. The molecule has 282 valence electrons. The van der Waals surface area contributed by atoms with Gasteiger partial charge in [0, 0.05) is 27.8 Å². The van der Waals surface area contributed by atoms with Crippen LogP contribution in [0.25, 0.3) is 88.3 Å². The molecule has 60 heavy (non-hydrogen) atoms. The molecule has 0 atom stereocenters. The van der Waals surface area contributed by atoms with E-state index in [0.29, 0.717) is 0 Å². The van der Waals surface area contributed by atoms with Gasteiger partial charge in [0.15, 0.2) is 0 Å². The number of fused-ring (bicyclic) bond motifs is 4. The summed E-state index contributed by atoms with van der Waals surface area (Å²) in [7, 11) is 0.